The van der Waals surface area contributed by atoms with Gasteiger partial charge in [-0.25, -0.2) is 0 Å². The van der Waals surface area contributed by atoms with Crippen molar-refractivity contribution in [3.8, 4) is 0 Å². The van der Waals surface area contributed by atoms with Crippen molar-refractivity contribution in [3.63, 3.8) is 0 Å². The molecular weight excluding hydrogens is 168 g/mol. The summed E-state index contributed by atoms with van der Waals surface area (Å²) in [6.45, 7) is 4.36. The highest BCUT2D eigenvalue weighted by Gasteiger charge is 2.13. The summed E-state index contributed by atoms with van der Waals surface area (Å²) in [6, 6.07) is 11.0. The van der Waals surface area contributed by atoms with E-state index in [1.807, 2.05) is 0 Å². The van der Waals surface area contributed by atoms with Crippen molar-refractivity contribution in [2.45, 2.75) is 13.8 Å². The van der Waals surface area contributed by atoms with Crippen molar-refractivity contribution >= 4 is 22.4 Å². The first kappa shape index (κ1) is 7.81. The third-order valence-corrected chi connectivity index (χ3v) is 3.09. The maximum atomic E-state index is 2.27. The average molecular weight is 180 g/mol. The van der Waals surface area contributed by atoms with Gasteiger partial charge in [-0.05, 0) is 46.9 Å². The van der Waals surface area contributed by atoms with E-state index in [0.29, 0.717) is 0 Å². The number of allylic oxidation sites excluding steroid dienone is 1. The van der Waals surface area contributed by atoms with Crippen LogP contribution in [0.3, 0.4) is 0 Å². The molecule has 14 heavy (non-hydrogen) atoms. The van der Waals surface area contributed by atoms with Crippen LogP contribution in [0, 0.1) is 6.92 Å². The summed E-state index contributed by atoms with van der Waals surface area (Å²) >= 11 is 0. The van der Waals surface area contributed by atoms with Crippen LogP contribution in [0.1, 0.15) is 23.6 Å². The van der Waals surface area contributed by atoms with Gasteiger partial charge in [-0.1, -0.05) is 36.4 Å². The summed E-state index contributed by atoms with van der Waals surface area (Å²) in [5.74, 6) is 0. The predicted molar refractivity (Wildman–Crippen MR) is 62.2 cm³/mol. The summed E-state index contributed by atoms with van der Waals surface area (Å²) in [5, 5.41) is 2.83. The molecule has 3 rings (SSSR count). The number of aryl methyl sites for hydroxylation is 1. The Balaban J connectivity index is 2.59. The van der Waals surface area contributed by atoms with E-state index in [4.69, 9.17) is 0 Å². The molecule has 1 aliphatic carbocycles. The topological polar surface area (TPSA) is 0 Å². The fraction of sp³-hybridized carbons (Fsp3) is 0.143. The molecule has 0 N–H and O–H groups in total. The van der Waals surface area contributed by atoms with E-state index in [1.54, 1.807) is 0 Å². The van der Waals surface area contributed by atoms with Crippen LogP contribution < -0.4 is 0 Å². The quantitative estimate of drug-likeness (QED) is 0.574. The molecule has 0 bridgehead atoms. The lowest BCUT2D eigenvalue weighted by atomic mass is 9.99. The van der Waals surface area contributed by atoms with E-state index >= 15 is 0 Å². The van der Waals surface area contributed by atoms with Crippen molar-refractivity contribution in [1.82, 2.24) is 0 Å². The van der Waals surface area contributed by atoms with Gasteiger partial charge in [0.25, 0.3) is 0 Å². The van der Waals surface area contributed by atoms with Crippen LogP contribution in [0.25, 0.3) is 22.4 Å². The lowest BCUT2D eigenvalue weighted by Gasteiger charge is -2.05. The van der Waals surface area contributed by atoms with Crippen LogP contribution in [0.4, 0.5) is 0 Å². The molecule has 0 aromatic heterocycles. The third-order valence-electron chi connectivity index (χ3n) is 3.09. The van der Waals surface area contributed by atoms with Crippen molar-refractivity contribution < 1.29 is 0 Å². The fourth-order valence-electron chi connectivity index (χ4n) is 2.34. The SMILES string of the molecule is CC1=Cc2ccc(C)c3cccc1c23. The largest absolute Gasteiger partial charge is 0.0610 e. The molecule has 1 aliphatic rings. The van der Waals surface area contributed by atoms with E-state index in [-0.39, 0.29) is 0 Å². The molecule has 0 heterocycles. The van der Waals surface area contributed by atoms with E-state index in [0.717, 1.165) is 0 Å². The zero-order valence-corrected chi connectivity index (χ0v) is 8.46. The molecule has 0 heteroatoms. The number of hydrogen-bond donors (Lipinski definition) is 0. The first-order valence-corrected chi connectivity index (χ1v) is 4.98. The van der Waals surface area contributed by atoms with Gasteiger partial charge < -0.3 is 0 Å². The lowest BCUT2D eigenvalue weighted by Crippen LogP contribution is -1.82. The molecule has 0 saturated carbocycles. The minimum absolute atomic E-state index is 1.37. The zero-order valence-electron chi connectivity index (χ0n) is 8.46. The Morgan fingerprint density at radius 3 is 2.64 bits per heavy atom. The standard InChI is InChI=1S/C14H12/c1-9-6-7-11-8-10(2)13-5-3-4-12(9)14(11)13/h3-8H,1-2H3. The molecule has 0 atom stereocenters. The number of hydrogen-bond acceptors (Lipinski definition) is 0. The normalized spacial score (nSPS) is 13.4. The van der Waals surface area contributed by atoms with Crippen molar-refractivity contribution in [3.05, 3.63) is 47.0 Å². The minimum atomic E-state index is 1.37. The van der Waals surface area contributed by atoms with E-state index in [9.17, 15) is 0 Å². The van der Waals surface area contributed by atoms with Crippen LogP contribution in [0.15, 0.2) is 30.3 Å². The molecule has 2 aromatic carbocycles. The summed E-state index contributed by atoms with van der Waals surface area (Å²) in [7, 11) is 0. The number of rotatable bonds is 0. The van der Waals surface area contributed by atoms with Gasteiger partial charge in [-0.3, -0.25) is 0 Å². The molecule has 0 aliphatic heterocycles. The lowest BCUT2D eigenvalue weighted by molar-refractivity contribution is 1.52. The van der Waals surface area contributed by atoms with Gasteiger partial charge in [-0.15, -0.1) is 0 Å². The first-order chi connectivity index (χ1) is 6.77. The highest BCUT2D eigenvalue weighted by atomic mass is 14.2. The summed E-state index contributed by atoms with van der Waals surface area (Å²) in [5.41, 5.74) is 5.53. The van der Waals surface area contributed by atoms with Crippen LogP contribution in [0.2, 0.25) is 0 Å². The highest BCUT2D eigenvalue weighted by Crippen LogP contribution is 2.37. The van der Waals surface area contributed by atoms with Gasteiger partial charge in [-0.2, -0.15) is 0 Å². The first-order valence-electron chi connectivity index (χ1n) is 4.98. The van der Waals surface area contributed by atoms with E-state index < -0.39 is 0 Å². The maximum absolute atomic E-state index is 2.27. The van der Waals surface area contributed by atoms with Crippen LogP contribution in [0.5, 0.6) is 0 Å². The fourth-order valence-corrected chi connectivity index (χ4v) is 2.34. The molecule has 0 nitrogen and oxygen atoms in total. The maximum Gasteiger partial charge on any atom is -0.00334 e. The van der Waals surface area contributed by atoms with Gasteiger partial charge in [0, 0.05) is 0 Å². The minimum Gasteiger partial charge on any atom is -0.0610 e. The Morgan fingerprint density at radius 1 is 0.929 bits per heavy atom. The summed E-state index contributed by atoms with van der Waals surface area (Å²) < 4.78 is 0. The Kier molecular flexibility index (Phi) is 1.38. The molecule has 0 fully saturated rings. The predicted octanol–water partition coefficient (Wildman–Crippen LogP) is 4.02. The van der Waals surface area contributed by atoms with Gasteiger partial charge in [0.05, 0.1) is 0 Å². The molecule has 2 aromatic rings. The van der Waals surface area contributed by atoms with Crippen molar-refractivity contribution in [1.29, 1.82) is 0 Å². The summed E-state index contributed by atoms with van der Waals surface area (Å²) in [4.78, 5) is 0. The second kappa shape index (κ2) is 2.48. The van der Waals surface area contributed by atoms with Crippen molar-refractivity contribution in [2.75, 3.05) is 0 Å². The molecule has 0 radical (unpaired) electrons. The van der Waals surface area contributed by atoms with Crippen molar-refractivity contribution in [2.24, 2.45) is 0 Å². The van der Waals surface area contributed by atoms with Gasteiger partial charge >= 0.3 is 0 Å². The molecule has 0 amide bonds. The number of benzene rings is 2. The van der Waals surface area contributed by atoms with Crippen LogP contribution in [-0.4, -0.2) is 0 Å². The van der Waals surface area contributed by atoms with Gasteiger partial charge in [0.2, 0.25) is 0 Å². The molecular formula is C14H12. The van der Waals surface area contributed by atoms with E-state index in [1.165, 1.54) is 33.0 Å². The second-order valence-corrected chi connectivity index (χ2v) is 4.03. The molecule has 0 saturated heterocycles. The Morgan fingerprint density at radius 2 is 1.79 bits per heavy atom. The summed E-state index contributed by atoms with van der Waals surface area (Å²) in [6.07, 6.45) is 2.27. The second-order valence-electron chi connectivity index (χ2n) is 4.03. The van der Waals surface area contributed by atoms with Crippen LogP contribution >= 0.6 is 0 Å². The molecule has 0 unspecified atom stereocenters. The van der Waals surface area contributed by atoms with E-state index in [2.05, 4.69) is 50.3 Å². The zero-order chi connectivity index (χ0) is 9.71. The smallest absolute Gasteiger partial charge is 0.00334 e. The Labute approximate surface area is 83.9 Å². The monoisotopic (exact) mass is 180 g/mol. The van der Waals surface area contributed by atoms with Gasteiger partial charge in [0.1, 0.15) is 0 Å². The molecule has 68 valence electrons. The average Bonchev–Trinajstić information content (AvgIpc) is 2.52. The van der Waals surface area contributed by atoms with Gasteiger partial charge in [0.15, 0.2) is 0 Å². The Hall–Kier alpha value is -1.56. The molecule has 0 spiro atoms. The van der Waals surface area contributed by atoms with Crippen LogP contribution in [-0.2, 0) is 0 Å². The highest BCUT2D eigenvalue weighted by molar-refractivity contribution is 6.09. The Bertz CT molecular complexity index is 560. The third kappa shape index (κ3) is 0.832.